The monoisotopic (exact) mass is 312 g/mol. The van der Waals surface area contributed by atoms with Gasteiger partial charge in [0.1, 0.15) is 11.3 Å². The molecule has 2 aromatic heterocycles. The molecule has 0 bridgehead atoms. The lowest BCUT2D eigenvalue weighted by Crippen LogP contribution is -2.38. The number of nitrogens with zero attached hydrogens (tertiary/aromatic N) is 2. The van der Waals surface area contributed by atoms with Crippen molar-refractivity contribution >= 4 is 27.5 Å². The van der Waals surface area contributed by atoms with Gasteiger partial charge in [-0.1, -0.05) is 12.1 Å². The van der Waals surface area contributed by atoms with E-state index in [1.807, 2.05) is 23.1 Å². The standard InChI is InChI=1S/C17H16N2O2S/c20-17(12-8-10-21-11-12)19-9-4-3-6-14(19)16-18-13-5-1-2-7-15(13)22-16/h1-2,5,7-8,10-11,14H,3-4,6,9H2. The molecule has 0 saturated carbocycles. The SMILES string of the molecule is O=C(c1ccoc1)N1CCCCC1c1nc2ccccc2s1. The zero-order valence-corrected chi connectivity index (χ0v) is 12.9. The van der Waals surface area contributed by atoms with Crippen molar-refractivity contribution in [1.82, 2.24) is 9.88 Å². The highest BCUT2D eigenvalue weighted by atomic mass is 32.1. The lowest BCUT2D eigenvalue weighted by Gasteiger charge is -2.34. The van der Waals surface area contributed by atoms with Crippen molar-refractivity contribution in [3.8, 4) is 0 Å². The van der Waals surface area contributed by atoms with Gasteiger partial charge in [-0.25, -0.2) is 4.98 Å². The number of rotatable bonds is 2. The van der Waals surface area contributed by atoms with E-state index in [0.717, 1.165) is 36.3 Å². The van der Waals surface area contributed by atoms with E-state index in [2.05, 4.69) is 6.07 Å². The first-order valence-corrected chi connectivity index (χ1v) is 8.33. The summed E-state index contributed by atoms with van der Waals surface area (Å²) in [5.74, 6) is 0.0395. The number of piperidine rings is 1. The molecule has 1 saturated heterocycles. The first-order chi connectivity index (χ1) is 10.8. The number of amides is 1. The zero-order valence-electron chi connectivity index (χ0n) is 12.1. The van der Waals surface area contributed by atoms with E-state index in [4.69, 9.17) is 9.40 Å². The van der Waals surface area contributed by atoms with E-state index < -0.39 is 0 Å². The van der Waals surface area contributed by atoms with Crippen LogP contribution in [0.1, 0.15) is 40.7 Å². The molecule has 5 heteroatoms. The van der Waals surface area contributed by atoms with E-state index >= 15 is 0 Å². The van der Waals surface area contributed by atoms with Gasteiger partial charge in [0.05, 0.1) is 28.1 Å². The Morgan fingerprint density at radius 2 is 2.18 bits per heavy atom. The van der Waals surface area contributed by atoms with E-state index in [1.54, 1.807) is 23.7 Å². The van der Waals surface area contributed by atoms with Crippen LogP contribution in [0.2, 0.25) is 0 Å². The normalized spacial score (nSPS) is 18.7. The number of hydrogen-bond donors (Lipinski definition) is 0. The fraction of sp³-hybridized carbons (Fsp3) is 0.294. The molecule has 112 valence electrons. The second-order valence-electron chi connectivity index (χ2n) is 5.54. The Bertz CT molecular complexity index is 761. The van der Waals surface area contributed by atoms with Crippen LogP contribution >= 0.6 is 11.3 Å². The van der Waals surface area contributed by atoms with Gasteiger partial charge in [-0.3, -0.25) is 4.79 Å². The van der Waals surface area contributed by atoms with Crippen molar-refractivity contribution in [3.05, 3.63) is 53.4 Å². The third-order valence-corrected chi connectivity index (χ3v) is 5.26. The molecule has 22 heavy (non-hydrogen) atoms. The Morgan fingerprint density at radius 1 is 1.27 bits per heavy atom. The second kappa shape index (κ2) is 5.57. The van der Waals surface area contributed by atoms with Crippen LogP contribution in [0.15, 0.2) is 47.3 Å². The molecule has 0 N–H and O–H groups in total. The number of aromatic nitrogens is 1. The summed E-state index contributed by atoms with van der Waals surface area (Å²) in [6.45, 7) is 0.782. The number of furan rings is 1. The maximum absolute atomic E-state index is 12.7. The molecular weight excluding hydrogens is 296 g/mol. The predicted octanol–water partition coefficient (Wildman–Crippen LogP) is 4.26. The van der Waals surface area contributed by atoms with Crippen LogP contribution in [0.5, 0.6) is 0 Å². The number of benzene rings is 1. The van der Waals surface area contributed by atoms with Crippen molar-refractivity contribution in [2.45, 2.75) is 25.3 Å². The number of carbonyl (C=O) groups excluding carboxylic acids is 1. The molecule has 1 aromatic carbocycles. The summed E-state index contributed by atoms with van der Waals surface area (Å²) in [5.41, 5.74) is 1.64. The van der Waals surface area contributed by atoms with Gasteiger partial charge in [-0.15, -0.1) is 11.3 Å². The van der Waals surface area contributed by atoms with Crippen LogP contribution in [-0.4, -0.2) is 22.3 Å². The summed E-state index contributed by atoms with van der Waals surface area (Å²) in [6.07, 6.45) is 6.22. The van der Waals surface area contributed by atoms with E-state index in [9.17, 15) is 4.79 Å². The number of para-hydroxylation sites is 1. The van der Waals surface area contributed by atoms with Crippen molar-refractivity contribution in [3.63, 3.8) is 0 Å². The Labute approximate surface area is 132 Å². The summed E-state index contributed by atoms with van der Waals surface area (Å²) >= 11 is 1.69. The quantitative estimate of drug-likeness (QED) is 0.710. The maximum Gasteiger partial charge on any atom is 0.257 e. The van der Waals surface area contributed by atoms with Crippen molar-refractivity contribution in [2.24, 2.45) is 0 Å². The first kappa shape index (κ1) is 13.5. The Hall–Kier alpha value is -2.14. The van der Waals surface area contributed by atoms with Crippen LogP contribution in [-0.2, 0) is 0 Å². The maximum atomic E-state index is 12.7. The molecule has 1 atom stereocenters. The molecule has 3 aromatic rings. The molecule has 0 spiro atoms. The fourth-order valence-corrected chi connectivity index (χ4v) is 4.13. The van der Waals surface area contributed by atoms with Gasteiger partial charge in [0.25, 0.3) is 5.91 Å². The molecule has 1 aliphatic rings. The summed E-state index contributed by atoms with van der Waals surface area (Å²) in [7, 11) is 0. The van der Waals surface area contributed by atoms with Gasteiger partial charge in [-0.2, -0.15) is 0 Å². The zero-order chi connectivity index (χ0) is 14.9. The molecule has 1 unspecified atom stereocenters. The van der Waals surface area contributed by atoms with Crippen LogP contribution in [0.4, 0.5) is 0 Å². The molecule has 1 fully saturated rings. The Balaban J connectivity index is 1.69. The van der Waals surface area contributed by atoms with Crippen molar-refractivity contribution < 1.29 is 9.21 Å². The third-order valence-electron chi connectivity index (χ3n) is 4.13. The molecule has 4 nitrogen and oxygen atoms in total. The van der Waals surface area contributed by atoms with Gasteiger partial charge < -0.3 is 9.32 Å². The molecule has 0 radical (unpaired) electrons. The lowest BCUT2D eigenvalue weighted by molar-refractivity contribution is 0.0610. The topological polar surface area (TPSA) is 46.3 Å². The minimum absolute atomic E-state index is 0.0395. The molecule has 1 aliphatic heterocycles. The molecule has 1 amide bonds. The van der Waals surface area contributed by atoms with Gasteiger partial charge in [0, 0.05) is 6.54 Å². The largest absolute Gasteiger partial charge is 0.472 e. The Morgan fingerprint density at radius 3 is 3.00 bits per heavy atom. The minimum Gasteiger partial charge on any atom is -0.472 e. The van der Waals surface area contributed by atoms with Crippen molar-refractivity contribution in [2.75, 3.05) is 6.54 Å². The second-order valence-corrected chi connectivity index (χ2v) is 6.60. The first-order valence-electron chi connectivity index (χ1n) is 7.51. The highest BCUT2D eigenvalue weighted by Gasteiger charge is 2.31. The Kier molecular flexibility index (Phi) is 3.42. The van der Waals surface area contributed by atoms with Gasteiger partial charge in [0.15, 0.2) is 0 Å². The highest BCUT2D eigenvalue weighted by Crippen LogP contribution is 2.36. The highest BCUT2D eigenvalue weighted by molar-refractivity contribution is 7.18. The molecular formula is C17H16N2O2S. The molecule has 4 rings (SSSR count). The number of likely N-dealkylation sites (tertiary alicyclic amines) is 1. The minimum atomic E-state index is 0.0395. The number of hydrogen-bond acceptors (Lipinski definition) is 4. The average Bonchev–Trinajstić information content (AvgIpc) is 3.23. The third kappa shape index (κ3) is 2.31. The van der Waals surface area contributed by atoms with Gasteiger partial charge in [-0.05, 0) is 37.5 Å². The summed E-state index contributed by atoms with van der Waals surface area (Å²) in [4.78, 5) is 19.4. The van der Waals surface area contributed by atoms with Crippen LogP contribution in [0.25, 0.3) is 10.2 Å². The van der Waals surface area contributed by atoms with E-state index in [-0.39, 0.29) is 11.9 Å². The number of carbonyl (C=O) groups is 1. The molecule has 3 heterocycles. The fourth-order valence-electron chi connectivity index (χ4n) is 3.02. The van der Waals surface area contributed by atoms with E-state index in [1.165, 1.54) is 11.0 Å². The number of fused-ring (bicyclic) bond motifs is 1. The molecule has 0 aliphatic carbocycles. The van der Waals surface area contributed by atoms with Crippen LogP contribution in [0.3, 0.4) is 0 Å². The average molecular weight is 312 g/mol. The smallest absolute Gasteiger partial charge is 0.257 e. The van der Waals surface area contributed by atoms with Crippen molar-refractivity contribution in [1.29, 1.82) is 0 Å². The predicted molar refractivity (Wildman–Crippen MR) is 86.0 cm³/mol. The summed E-state index contributed by atoms with van der Waals surface area (Å²) in [5, 5.41) is 1.04. The van der Waals surface area contributed by atoms with Gasteiger partial charge >= 0.3 is 0 Å². The van der Waals surface area contributed by atoms with Crippen LogP contribution < -0.4 is 0 Å². The van der Waals surface area contributed by atoms with E-state index in [0.29, 0.717) is 5.56 Å². The van der Waals surface area contributed by atoms with Crippen LogP contribution in [0, 0.1) is 0 Å². The summed E-state index contributed by atoms with van der Waals surface area (Å²) < 4.78 is 6.23. The lowest BCUT2D eigenvalue weighted by atomic mass is 10.0. The summed E-state index contributed by atoms with van der Waals surface area (Å²) in [6, 6.07) is 9.95. The number of thiazole rings is 1. The van der Waals surface area contributed by atoms with Gasteiger partial charge in [0.2, 0.25) is 0 Å².